The highest BCUT2D eigenvalue weighted by Crippen LogP contribution is 2.44. The standard InChI is InChI=1S/C20H19ClFNO4/c21-13-4-5-15(16(22)10-13)18-11-26-17-3-1-2-14(19(17)27-18)12-6-8-23(9-7-12)20(24)25/h1-5,10,12,18H,6-9,11H2,(H,24,25)/t18-/m1/s1. The Labute approximate surface area is 161 Å². The van der Waals surface area contributed by atoms with Gasteiger partial charge in [-0.05, 0) is 37.0 Å². The Hall–Kier alpha value is -2.47. The maximum Gasteiger partial charge on any atom is 0.407 e. The zero-order valence-electron chi connectivity index (χ0n) is 14.5. The van der Waals surface area contributed by atoms with Crippen molar-refractivity contribution in [3.8, 4) is 11.5 Å². The summed E-state index contributed by atoms with van der Waals surface area (Å²) in [5.41, 5.74) is 1.39. The number of carboxylic acid groups (broad SMARTS) is 1. The highest BCUT2D eigenvalue weighted by Gasteiger charge is 2.31. The molecule has 1 atom stereocenters. The lowest BCUT2D eigenvalue weighted by Gasteiger charge is -2.34. The van der Waals surface area contributed by atoms with Crippen molar-refractivity contribution in [3.05, 3.63) is 58.4 Å². The van der Waals surface area contributed by atoms with Gasteiger partial charge in [0.1, 0.15) is 12.4 Å². The van der Waals surface area contributed by atoms with Crippen molar-refractivity contribution in [3.63, 3.8) is 0 Å². The van der Waals surface area contributed by atoms with Crippen molar-refractivity contribution < 1.29 is 23.8 Å². The zero-order chi connectivity index (χ0) is 19.0. The predicted molar refractivity (Wildman–Crippen MR) is 98.3 cm³/mol. The summed E-state index contributed by atoms with van der Waals surface area (Å²) in [5, 5.41) is 9.46. The summed E-state index contributed by atoms with van der Waals surface area (Å²) in [5.74, 6) is 1.01. The number of ether oxygens (including phenoxy) is 2. The number of hydrogen-bond donors (Lipinski definition) is 1. The van der Waals surface area contributed by atoms with Gasteiger partial charge in [0, 0.05) is 29.2 Å². The second-order valence-electron chi connectivity index (χ2n) is 6.80. The van der Waals surface area contributed by atoms with E-state index in [1.165, 1.54) is 11.0 Å². The Morgan fingerprint density at radius 3 is 2.67 bits per heavy atom. The van der Waals surface area contributed by atoms with Crippen LogP contribution in [0.3, 0.4) is 0 Å². The van der Waals surface area contributed by atoms with Crippen LogP contribution in [0, 0.1) is 5.82 Å². The fourth-order valence-corrected chi connectivity index (χ4v) is 3.89. The second kappa shape index (κ2) is 7.27. The molecule has 2 aliphatic heterocycles. The molecule has 1 fully saturated rings. The maximum absolute atomic E-state index is 14.3. The Bertz CT molecular complexity index is 867. The van der Waals surface area contributed by atoms with Crippen molar-refractivity contribution in [2.45, 2.75) is 24.9 Å². The van der Waals surface area contributed by atoms with Gasteiger partial charge in [-0.3, -0.25) is 0 Å². The molecular formula is C20H19ClFNO4. The monoisotopic (exact) mass is 391 g/mol. The molecule has 27 heavy (non-hydrogen) atoms. The van der Waals surface area contributed by atoms with Crippen molar-refractivity contribution in [2.24, 2.45) is 0 Å². The third-order valence-electron chi connectivity index (χ3n) is 5.17. The first kappa shape index (κ1) is 17.9. The van der Waals surface area contributed by atoms with E-state index in [0.29, 0.717) is 48.0 Å². The normalized spacial score (nSPS) is 19.8. The molecule has 5 nitrogen and oxygen atoms in total. The van der Waals surface area contributed by atoms with Crippen LogP contribution >= 0.6 is 11.6 Å². The van der Waals surface area contributed by atoms with Gasteiger partial charge in [-0.2, -0.15) is 0 Å². The molecule has 0 radical (unpaired) electrons. The molecule has 0 aliphatic carbocycles. The SMILES string of the molecule is O=C(O)N1CCC(c2cccc3c2O[C@@H](c2ccc(Cl)cc2F)CO3)CC1. The van der Waals surface area contributed by atoms with Gasteiger partial charge < -0.3 is 19.5 Å². The minimum Gasteiger partial charge on any atom is -0.485 e. The Morgan fingerprint density at radius 1 is 1.19 bits per heavy atom. The third kappa shape index (κ3) is 3.54. The number of benzene rings is 2. The number of para-hydroxylation sites is 1. The second-order valence-corrected chi connectivity index (χ2v) is 7.24. The van der Waals surface area contributed by atoms with Crippen LogP contribution in [0.1, 0.15) is 36.0 Å². The minimum atomic E-state index is -0.888. The van der Waals surface area contributed by atoms with Gasteiger partial charge in [0.15, 0.2) is 17.6 Å². The van der Waals surface area contributed by atoms with Crippen molar-refractivity contribution in [1.29, 1.82) is 0 Å². The summed E-state index contributed by atoms with van der Waals surface area (Å²) in [4.78, 5) is 12.5. The average molecular weight is 392 g/mol. The summed E-state index contributed by atoms with van der Waals surface area (Å²) in [6.07, 6.45) is -0.0190. The summed E-state index contributed by atoms with van der Waals surface area (Å²) in [6.45, 7) is 1.19. The number of piperidine rings is 1. The van der Waals surface area contributed by atoms with Crippen LogP contribution in [0.2, 0.25) is 5.02 Å². The molecule has 0 bridgehead atoms. The molecule has 2 aromatic rings. The molecule has 1 amide bonds. The first-order valence-electron chi connectivity index (χ1n) is 8.88. The molecule has 1 saturated heterocycles. The first-order valence-corrected chi connectivity index (χ1v) is 9.26. The topological polar surface area (TPSA) is 59.0 Å². The first-order chi connectivity index (χ1) is 13.0. The van der Waals surface area contributed by atoms with Crippen LogP contribution in [-0.2, 0) is 0 Å². The third-order valence-corrected chi connectivity index (χ3v) is 5.41. The van der Waals surface area contributed by atoms with Gasteiger partial charge in [0.05, 0.1) is 0 Å². The van der Waals surface area contributed by atoms with Gasteiger partial charge in [-0.25, -0.2) is 9.18 Å². The van der Waals surface area contributed by atoms with E-state index in [4.69, 9.17) is 26.2 Å². The average Bonchev–Trinajstić information content (AvgIpc) is 2.67. The largest absolute Gasteiger partial charge is 0.485 e. The molecule has 0 spiro atoms. The molecule has 0 unspecified atom stereocenters. The molecule has 7 heteroatoms. The number of hydrogen-bond acceptors (Lipinski definition) is 3. The molecule has 4 rings (SSSR count). The van der Waals surface area contributed by atoms with Gasteiger partial charge in [-0.15, -0.1) is 0 Å². The molecule has 2 aromatic carbocycles. The smallest absolute Gasteiger partial charge is 0.407 e. The van der Waals surface area contributed by atoms with E-state index in [9.17, 15) is 9.18 Å². The molecule has 0 saturated carbocycles. The molecule has 142 valence electrons. The van der Waals surface area contributed by atoms with E-state index in [0.717, 1.165) is 5.56 Å². The van der Waals surface area contributed by atoms with Crippen LogP contribution < -0.4 is 9.47 Å². The van der Waals surface area contributed by atoms with Gasteiger partial charge in [0.2, 0.25) is 0 Å². The Balaban J connectivity index is 1.59. The van der Waals surface area contributed by atoms with E-state index in [-0.39, 0.29) is 12.5 Å². The molecule has 2 aliphatic rings. The van der Waals surface area contributed by atoms with E-state index in [2.05, 4.69) is 0 Å². The highest BCUT2D eigenvalue weighted by molar-refractivity contribution is 6.30. The highest BCUT2D eigenvalue weighted by atomic mass is 35.5. The number of carbonyl (C=O) groups is 1. The lowest BCUT2D eigenvalue weighted by Crippen LogP contribution is -2.37. The molecule has 1 N–H and O–H groups in total. The fourth-order valence-electron chi connectivity index (χ4n) is 3.73. The number of likely N-dealkylation sites (tertiary alicyclic amines) is 1. The Morgan fingerprint density at radius 2 is 1.96 bits per heavy atom. The van der Waals surface area contributed by atoms with Crippen molar-refractivity contribution in [1.82, 2.24) is 4.90 Å². The number of rotatable bonds is 2. The Kier molecular flexibility index (Phi) is 4.83. The maximum atomic E-state index is 14.3. The van der Waals surface area contributed by atoms with Crippen LogP contribution in [-0.4, -0.2) is 35.8 Å². The van der Waals surface area contributed by atoms with Crippen LogP contribution in [0.15, 0.2) is 36.4 Å². The predicted octanol–water partition coefficient (Wildman–Crippen LogP) is 4.85. The lowest BCUT2D eigenvalue weighted by molar-refractivity contribution is 0.0856. The number of amides is 1. The van der Waals surface area contributed by atoms with Crippen LogP contribution in [0.5, 0.6) is 11.5 Å². The number of nitrogens with zero attached hydrogens (tertiary/aromatic N) is 1. The molecular weight excluding hydrogens is 373 g/mol. The lowest BCUT2D eigenvalue weighted by atomic mass is 9.88. The van der Waals surface area contributed by atoms with Gasteiger partial charge >= 0.3 is 6.09 Å². The van der Waals surface area contributed by atoms with E-state index >= 15 is 0 Å². The molecule has 2 heterocycles. The van der Waals surface area contributed by atoms with Crippen LogP contribution in [0.25, 0.3) is 0 Å². The summed E-state index contributed by atoms with van der Waals surface area (Å²) >= 11 is 5.84. The van der Waals surface area contributed by atoms with E-state index in [1.54, 1.807) is 12.1 Å². The zero-order valence-corrected chi connectivity index (χ0v) is 15.3. The van der Waals surface area contributed by atoms with E-state index < -0.39 is 18.0 Å². The molecule has 0 aromatic heterocycles. The number of halogens is 2. The summed E-state index contributed by atoms with van der Waals surface area (Å²) in [6, 6.07) is 10.2. The van der Waals surface area contributed by atoms with E-state index in [1.807, 2.05) is 18.2 Å². The number of fused-ring (bicyclic) bond motifs is 1. The quantitative estimate of drug-likeness (QED) is 0.795. The van der Waals surface area contributed by atoms with Gasteiger partial charge in [-0.1, -0.05) is 29.8 Å². The fraction of sp³-hybridized carbons (Fsp3) is 0.350. The minimum absolute atomic E-state index is 0.174. The summed E-state index contributed by atoms with van der Waals surface area (Å²) < 4.78 is 26.3. The summed E-state index contributed by atoms with van der Waals surface area (Å²) in [7, 11) is 0. The van der Waals surface area contributed by atoms with Crippen LogP contribution in [0.4, 0.5) is 9.18 Å². The van der Waals surface area contributed by atoms with Gasteiger partial charge in [0.25, 0.3) is 0 Å². The van der Waals surface area contributed by atoms with Crippen molar-refractivity contribution in [2.75, 3.05) is 19.7 Å². The van der Waals surface area contributed by atoms with Crippen molar-refractivity contribution >= 4 is 17.7 Å².